The first-order chi connectivity index (χ1) is 8.06. The van der Waals surface area contributed by atoms with Crippen molar-refractivity contribution in [2.75, 3.05) is 11.5 Å². The Kier molecular flexibility index (Phi) is 3.80. The number of hydrogen-bond acceptors (Lipinski definition) is 7. The van der Waals surface area contributed by atoms with Crippen LogP contribution in [0.4, 0.5) is 5.13 Å². The molecule has 0 fully saturated rings. The van der Waals surface area contributed by atoms with Gasteiger partial charge in [0.2, 0.25) is 5.13 Å². The molecular formula is C10H11N3OS3. The molecule has 0 spiro atoms. The van der Waals surface area contributed by atoms with Gasteiger partial charge in [-0.2, -0.15) is 0 Å². The van der Waals surface area contributed by atoms with Gasteiger partial charge in [0.1, 0.15) is 0 Å². The zero-order chi connectivity index (χ0) is 12.4. The Balaban J connectivity index is 2.00. The molecule has 2 heterocycles. The second kappa shape index (κ2) is 5.16. The van der Waals surface area contributed by atoms with Gasteiger partial charge in [0.25, 0.3) is 0 Å². The lowest BCUT2D eigenvalue weighted by Gasteiger charge is -1.97. The average molecular weight is 285 g/mol. The molecule has 0 saturated heterocycles. The predicted octanol–water partition coefficient (Wildman–Crippen LogP) is 2.77. The van der Waals surface area contributed by atoms with Crippen molar-refractivity contribution in [2.45, 2.75) is 18.2 Å². The molecule has 0 atom stereocenters. The van der Waals surface area contributed by atoms with Crippen LogP contribution in [-0.2, 0) is 0 Å². The summed E-state index contributed by atoms with van der Waals surface area (Å²) in [6, 6.07) is 1.94. The van der Waals surface area contributed by atoms with E-state index in [2.05, 4.69) is 10.2 Å². The molecule has 0 saturated carbocycles. The van der Waals surface area contributed by atoms with Gasteiger partial charge in [0.05, 0.1) is 5.75 Å². The van der Waals surface area contributed by atoms with Gasteiger partial charge in [-0.3, -0.25) is 4.79 Å². The highest BCUT2D eigenvalue weighted by Gasteiger charge is 2.13. The molecule has 0 aliphatic rings. The SMILES string of the molecule is Cc1cc(C(=O)CSc2nnc(N)s2)c(C)s1. The van der Waals surface area contributed by atoms with E-state index in [9.17, 15) is 4.79 Å². The van der Waals surface area contributed by atoms with E-state index in [4.69, 9.17) is 5.73 Å². The number of nitrogens with zero attached hydrogens (tertiary/aromatic N) is 2. The lowest BCUT2D eigenvalue weighted by atomic mass is 10.2. The number of Topliss-reactive ketones (excluding diaryl/α,β-unsaturated/α-hetero) is 1. The lowest BCUT2D eigenvalue weighted by Crippen LogP contribution is -2.02. The van der Waals surface area contributed by atoms with Crippen molar-refractivity contribution < 1.29 is 4.79 Å². The summed E-state index contributed by atoms with van der Waals surface area (Å²) in [5.74, 6) is 0.511. The highest BCUT2D eigenvalue weighted by Crippen LogP contribution is 2.26. The van der Waals surface area contributed by atoms with Crippen LogP contribution in [0.3, 0.4) is 0 Å². The molecule has 0 aliphatic heterocycles. The zero-order valence-corrected chi connectivity index (χ0v) is 11.8. The van der Waals surface area contributed by atoms with Crippen molar-refractivity contribution in [1.82, 2.24) is 10.2 Å². The van der Waals surface area contributed by atoms with Crippen molar-refractivity contribution >= 4 is 45.4 Å². The number of carbonyl (C=O) groups excluding carboxylic acids is 1. The minimum atomic E-state index is 0.130. The number of thioether (sulfide) groups is 1. The van der Waals surface area contributed by atoms with Gasteiger partial charge in [-0.25, -0.2) is 0 Å². The van der Waals surface area contributed by atoms with Gasteiger partial charge in [-0.1, -0.05) is 23.1 Å². The molecule has 0 amide bonds. The van der Waals surface area contributed by atoms with Crippen LogP contribution in [0.5, 0.6) is 0 Å². The maximum absolute atomic E-state index is 12.0. The first-order valence-corrected chi connectivity index (χ1v) is 7.50. The number of rotatable bonds is 4. The fourth-order valence-electron chi connectivity index (χ4n) is 1.39. The van der Waals surface area contributed by atoms with E-state index in [1.54, 1.807) is 11.3 Å². The van der Waals surface area contributed by atoms with Crippen LogP contribution >= 0.6 is 34.4 Å². The number of thiophene rings is 1. The molecule has 0 unspecified atom stereocenters. The Hall–Kier alpha value is -0.920. The van der Waals surface area contributed by atoms with Gasteiger partial charge in [0.15, 0.2) is 10.1 Å². The third kappa shape index (κ3) is 3.05. The van der Waals surface area contributed by atoms with Crippen molar-refractivity contribution in [2.24, 2.45) is 0 Å². The Morgan fingerprint density at radius 3 is 2.71 bits per heavy atom. The molecule has 0 aromatic carbocycles. The fraction of sp³-hybridized carbons (Fsp3) is 0.300. The molecule has 0 aliphatic carbocycles. The van der Waals surface area contributed by atoms with Gasteiger partial charge in [-0.15, -0.1) is 21.5 Å². The van der Waals surface area contributed by atoms with E-state index >= 15 is 0 Å². The molecule has 7 heteroatoms. The summed E-state index contributed by atoms with van der Waals surface area (Å²) >= 11 is 4.33. The van der Waals surface area contributed by atoms with Crippen LogP contribution in [0.15, 0.2) is 10.4 Å². The predicted molar refractivity (Wildman–Crippen MR) is 73.2 cm³/mol. The average Bonchev–Trinajstić information content (AvgIpc) is 2.81. The number of hydrogen-bond donors (Lipinski definition) is 1. The van der Waals surface area contributed by atoms with E-state index in [0.29, 0.717) is 10.9 Å². The summed E-state index contributed by atoms with van der Waals surface area (Å²) in [7, 11) is 0. The Labute approximate surface area is 111 Å². The van der Waals surface area contributed by atoms with Gasteiger partial charge >= 0.3 is 0 Å². The Bertz CT molecular complexity index is 547. The van der Waals surface area contributed by atoms with Crippen molar-refractivity contribution in [3.8, 4) is 0 Å². The summed E-state index contributed by atoms with van der Waals surface area (Å²) in [6.07, 6.45) is 0. The molecule has 2 N–H and O–H groups in total. The summed E-state index contributed by atoms with van der Waals surface area (Å²) in [4.78, 5) is 14.2. The van der Waals surface area contributed by atoms with Gasteiger partial charge in [0, 0.05) is 15.3 Å². The second-order valence-electron chi connectivity index (χ2n) is 3.44. The van der Waals surface area contributed by atoms with Crippen LogP contribution in [0.2, 0.25) is 0 Å². The smallest absolute Gasteiger partial charge is 0.203 e. The first kappa shape index (κ1) is 12.5. The Morgan fingerprint density at radius 1 is 1.41 bits per heavy atom. The summed E-state index contributed by atoms with van der Waals surface area (Å²) in [6.45, 7) is 3.98. The second-order valence-corrected chi connectivity index (χ2v) is 7.14. The van der Waals surface area contributed by atoms with Crippen molar-refractivity contribution in [1.29, 1.82) is 0 Å². The molecule has 2 rings (SSSR count). The third-order valence-corrected chi connectivity index (χ3v) is 4.94. The summed E-state index contributed by atoms with van der Waals surface area (Å²) in [5.41, 5.74) is 6.29. The number of nitrogens with two attached hydrogens (primary N) is 1. The van der Waals surface area contributed by atoms with E-state index in [1.165, 1.54) is 23.1 Å². The fourth-order valence-corrected chi connectivity index (χ4v) is 3.85. The molecule has 4 nitrogen and oxygen atoms in total. The highest BCUT2D eigenvalue weighted by atomic mass is 32.2. The topological polar surface area (TPSA) is 68.9 Å². The number of nitrogen functional groups attached to an aromatic ring is 1. The summed E-state index contributed by atoms with van der Waals surface area (Å²) < 4.78 is 0.737. The number of anilines is 1. The standard InChI is InChI=1S/C10H11N3OS3/c1-5-3-7(6(2)16-5)8(14)4-15-10-13-12-9(11)17-10/h3H,4H2,1-2H3,(H2,11,12). The molecule has 0 bridgehead atoms. The normalized spacial score (nSPS) is 10.7. The van der Waals surface area contributed by atoms with Crippen LogP contribution in [-0.4, -0.2) is 21.7 Å². The number of aryl methyl sites for hydroxylation is 2. The van der Waals surface area contributed by atoms with Crippen LogP contribution in [0, 0.1) is 13.8 Å². The maximum Gasteiger partial charge on any atom is 0.203 e. The quantitative estimate of drug-likeness (QED) is 0.691. The number of aromatic nitrogens is 2. The molecule has 2 aromatic heterocycles. The monoisotopic (exact) mass is 285 g/mol. The first-order valence-electron chi connectivity index (χ1n) is 4.88. The lowest BCUT2D eigenvalue weighted by molar-refractivity contribution is 0.102. The van der Waals surface area contributed by atoms with E-state index < -0.39 is 0 Å². The number of carbonyl (C=O) groups is 1. The maximum atomic E-state index is 12.0. The molecular weight excluding hydrogens is 274 g/mol. The van der Waals surface area contributed by atoms with Crippen molar-refractivity contribution in [3.63, 3.8) is 0 Å². The molecule has 0 radical (unpaired) electrons. The van der Waals surface area contributed by atoms with Gasteiger partial charge in [-0.05, 0) is 19.9 Å². The minimum Gasteiger partial charge on any atom is -0.374 e. The molecule has 17 heavy (non-hydrogen) atoms. The largest absolute Gasteiger partial charge is 0.374 e. The van der Waals surface area contributed by atoms with E-state index in [1.807, 2.05) is 19.9 Å². The van der Waals surface area contributed by atoms with Crippen LogP contribution in [0.25, 0.3) is 0 Å². The molecule has 2 aromatic rings. The minimum absolute atomic E-state index is 0.130. The summed E-state index contributed by atoms with van der Waals surface area (Å²) in [5, 5.41) is 8.00. The zero-order valence-electron chi connectivity index (χ0n) is 9.39. The van der Waals surface area contributed by atoms with E-state index in [0.717, 1.165) is 19.7 Å². The molecule has 90 valence electrons. The van der Waals surface area contributed by atoms with Crippen molar-refractivity contribution in [3.05, 3.63) is 21.4 Å². The van der Waals surface area contributed by atoms with E-state index in [-0.39, 0.29) is 5.78 Å². The number of ketones is 1. The van der Waals surface area contributed by atoms with Crippen LogP contribution < -0.4 is 5.73 Å². The van der Waals surface area contributed by atoms with Crippen LogP contribution in [0.1, 0.15) is 20.1 Å². The Morgan fingerprint density at radius 2 is 2.18 bits per heavy atom. The van der Waals surface area contributed by atoms with Gasteiger partial charge < -0.3 is 5.73 Å². The highest BCUT2D eigenvalue weighted by molar-refractivity contribution is 8.01. The third-order valence-electron chi connectivity index (χ3n) is 2.09.